The third kappa shape index (κ3) is 3.26. The molecule has 6 nitrogen and oxygen atoms in total. The molecule has 2 rings (SSSR count). The average molecular weight is 278 g/mol. The Hall–Kier alpha value is -2.11. The molecule has 0 saturated carbocycles. The average Bonchev–Trinajstić information content (AvgIpc) is 2.35. The Morgan fingerprint density at radius 3 is 2.65 bits per heavy atom. The van der Waals surface area contributed by atoms with Crippen LogP contribution in [0.5, 0.6) is 0 Å². The van der Waals surface area contributed by atoms with E-state index in [4.69, 9.17) is 9.84 Å². The highest BCUT2D eigenvalue weighted by molar-refractivity contribution is 5.85. The summed E-state index contributed by atoms with van der Waals surface area (Å²) in [6.07, 6.45) is 0.257. The van der Waals surface area contributed by atoms with Crippen molar-refractivity contribution in [2.45, 2.75) is 39.3 Å². The molecule has 6 heteroatoms. The lowest BCUT2D eigenvalue weighted by Crippen LogP contribution is -2.40. The summed E-state index contributed by atoms with van der Waals surface area (Å²) in [5, 5.41) is 8.95. The number of ether oxygens (including phenoxy) is 1. The third-order valence-corrected chi connectivity index (χ3v) is 2.93. The summed E-state index contributed by atoms with van der Waals surface area (Å²) in [6, 6.07) is 3.25. The molecule has 1 aromatic rings. The van der Waals surface area contributed by atoms with Gasteiger partial charge in [0.2, 0.25) is 0 Å². The van der Waals surface area contributed by atoms with Crippen LogP contribution < -0.4 is 0 Å². The quantitative estimate of drug-likeness (QED) is 0.850. The fourth-order valence-electron chi connectivity index (χ4n) is 2.01. The molecule has 0 unspecified atom stereocenters. The van der Waals surface area contributed by atoms with E-state index in [2.05, 4.69) is 4.98 Å². The van der Waals surface area contributed by atoms with Crippen molar-refractivity contribution >= 4 is 12.1 Å². The number of carbonyl (C=O) groups excluding carboxylic acids is 1. The number of hydrogen-bond donors (Lipinski definition) is 1. The van der Waals surface area contributed by atoms with Gasteiger partial charge in [-0.15, -0.1) is 0 Å². The van der Waals surface area contributed by atoms with Gasteiger partial charge in [-0.25, -0.2) is 14.6 Å². The van der Waals surface area contributed by atoms with Gasteiger partial charge in [0.25, 0.3) is 0 Å². The van der Waals surface area contributed by atoms with Gasteiger partial charge >= 0.3 is 12.1 Å². The SMILES string of the molecule is CC(C)(C)OC(=O)N1CCc2ccc(C(=O)O)nc2C1. The van der Waals surface area contributed by atoms with Gasteiger partial charge in [0.1, 0.15) is 11.3 Å². The topological polar surface area (TPSA) is 79.7 Å². The maximum absolute atomic E-state index is 12.0. The van der Waals surface area contributed by atoms with E-state index in [1.807, 2.05) is 20.8 Å². The van der Waals surface area contributed by atoms with Crippen molar-refractivity contribution in [3.05, 3.63) is 29.1 Å². The summed E-state index contributed by atoms with van der Waals surface area (Å²) in [5.41, 5.74) is 1.06. The van der Waals surface area contributed by atoms with Gasteiger partial charge in [-0.3, -0.25) is 0 Å². The van der Waals surface area contributed by atoms with Crippen molar-refractivity contribution in [3.63, 3.8) is 0 Å². The van der Waals surface area contributed by atoms with Crippen LogP contribution in [0.4, 0.5) is 4.79 Å². The lowest BCUT2D eigenvalue weighted by molar-refractivity contribution is 0.0221. The number of carbonyl (C=O) groups is 2. The summed E-state index contributed by atoms with van der Waals surface area (Å²) >= 11 is 0. The van der Waals surface area contributed by atoms with E-state index in [-0.39, 0.29) is 12.2 Å². The molecule has 0 aliphatic carbocycles. The summed E-state index contributed by atoms with van der Waals surface area (Å²) in [7, 11) is 0. The van der Waals surface area contributed by atoms with Gasteiger partial charge < -0.3 is 14.7 Å². The van der Waals surface area contributed by atoms with Gasteiger partial charge in [-0.2, -0.15) is 0 Å². The maximum atomic E-state index is 12.0. The van der Waals surface area contributed by atoms with Crippen molar-refractivity contribution in [2.75, 3.05) is 6.54 Å². The van der Waals surface area contributed by atoms with Crippen LogP contribution in [0.25, 0.3) is 0 Å². The predicted molar refractivity (Wildman–Crippen MR) is 71.5 cm³/mol. The molecule has 0 fully saturated rings. The van der Waals surface area contributed by atoms with Gasteiger partial charge in [0, 0.05) is 6.54 Å². The Labute approximate surface area is 117 Å². The van der Waals surface area contributed by atoms with Crippen LogP contribution in [0.1, 0.15) is 42.5 Å². The van der Waals surface area contributed by atoms with E-state index in [0.29, 0.717) is 18.7 Å². The van der Waals surface area contributed by atoms with Crippen LogP contribution in [-0.4, -0.2) is 39.2 Å². The zero-order valence-electron chi connectivity index (χ0n) is 11.8. The molecule has 108 valence electrons. The van der Waals surface area contributed by atoms with Gasteiger partial charge in [0.15, 0.2) is 0 Å². The van der Waals surface area contributed by atoms with Crippen LogP contribution in [0, 0.1) is 0 Å². The van der Waals surface area contributed by atoms with Gasteiger partial charge in [0.05, 0.1) is 12.2 Å². The molecule has 1 aliphatic heterocycles. The summed E-state index contributed by atoms with van der Waals surface area (Å²) in [6.45, 7) is 6.26. The lowest BCUT2D eigenvalue weighted by Gasteiger charge is -2.30. The van der Waals surface area contributed by atoms with Crippen LogP contribution >= 0.6 is 0 Å². The fourth-order valence-corrected chi connectivity index (χ4v) is 2.01. The largest absolute Gasteiger partial charge is 0.477 e. The molecular weight excluding hydrogens is 260 g/mol. The highest BCUT2D eigenvalue weighted by Crippen LogP contribution is 2.20. The molecule has 20 heavy (non-hydrogen) atoms. The van der Waals surface area contributed by atoms with Crippen LogP contribution in [0.2, 0.25) is 0 Å². The van der Waals surface area contributed by atoms with Crippen LogP contribution in [0.3, 0.4) is 0 Å². The first-order chi connectivity index (χ1) is 9.26. The summed E-state index contributed by atoms with van der Waals surface area (Å²) < 4.78 is 5.31. The molecule has 2 heterocycles. The van der Waals surface area contributed by atoms with E-state index in [0.717, 1.165) is 5.56 Å². The van der Waals surface area contributed by atoms with E-state index in [1.165, 1.54) is 6.07 Å². The second kappa shape index (κ2) is 5.11. The predicted octanol–water partition coefficient (Wildman–Crippen LogP) is 2.07. The molecule has 0 atom stereocenters. The first-order valence-electron chi connectivity index (χ1n) is 6.46. The molecule has 0 saturated heterocycles. The van der Waals surface area contributed by atoms with E-state index in [9.17, 15) is 9.59 Å². The van der Waals surface area contributed by atoms with Crippen molar-refractivity contribution in [2.24, 2.45) is 0 Å². The molecule has 0 bridgehead atoms. The van der Waals surface area contributed by atoms with Crippen molar-refractivity contribution in [3.8, 4) is 0 Å². The summed E-state index contributed by atoms with van der Waals surface area (Å²) in [4.78, 5) is 28.6. The summed E-state index contributed by atoms with van der Waals surface area (Å²) in [5.74, 6) is -1.07. The normalized spacial score (nSPS) is 14.7. The Balaban J connectivity index is 2.15. The Morgan fingerprint density at radius 1 is 1.35 bits per heavy atom. The molecule has 0 spiro atoms. The molecular formula is C14H18N2O4. The number of aromatic nitrogens is 1. The number of amides is 1. The van der Waals surface area contributed by atoms with E-state index < -0.39 is 17.7 Å². The number of pyridine rings is 1. The van der Waals surface area contributed by atoms with Gasteiger partial charge in [-0.05, 0) is 38.8 Å². The first-order valence-corrected chi connectivity index (χ1v) is 6.46. The number of fused-ring (bicyclic) bond motifs is 1. The number of nitrogens with zero attached hydrogens (tertiary/aromatic N) is 2. The second-order valence-electron chi connectivity index (χ2n) is 5.76. The Bertz CT molecular complexity index is 549. The highest BCUT2D eigenvalue weighted by atomic mass is 16.6. The number of rotatable bonds is 1. The van der Waals surface area contributed by atoms with E-state index in [1.54, 1.807) is 11.0 Å². The zero-order chi connectivity index (χ0) is 14.9. The highest BCUT2D eigenvalue weighted by Gasteiger charge is 2.26. The Kier molecular flexibility index (Phi) is 3.65. The minimum absolute atomic E-state index is 0.00483. The maximum Gasteiger partial charge on any atom is 0.410 e. The van der Waals surface area contributed by atoms with Crippen molar-refractivity contribution in [1.82, 2.24) is 9.88 Å². The fraction of sp³-hybridized carbons (Fsp3) is 0.500. The van der Waals surface area contributed by atoms with Gasteiger partial charge in [-0.1, -0.05) is 6.07 Å². The zero-order valence-corrected chi connectivity index (χ0v) is 11.8. The molecule has 0 aromatic carbocycles. The number of aromatic carboxylic acids is 1. The second-order valence-corrected chi connectivity index (χ2v) is 5.76. The molecule has 0 radical (unpaired) electrons. The molecule has 1 aliphatic rings. The lowest BCUT2D eigenvalue weighted by atomic mass is 10.0. The number of carboxylic acids is 1. The minimum Gasteiger partial charge on any atom is -0.477 e. The van der Waals surface area contributed by atoms with Crippen LogP contribution in [0.15, 0.2) is 12.1 Å². The smallest absolute Gasteiger partial charge is 0.410 e. The number of hydrogen-bond acceptors (Lipinski definition) is 4. The van der Waals surface area contributed by atoms with Crippen molar-refractivity contribution in [1.29, 1.82) is 0 Å². The third-order valence-electron chi connectivity index (χ3n) is 2.93. The standard InChI is InChI=1S/C14H18N2O4/c1-14(2,3)20-13(19)16-7-6-9-4-5-10(12(17)18)15-11(9)8-16/h4-5H,6-8H2,1-3H3,(H,17,18). The van der Waals surface area contributed by atoms with Crippen LogP contribution in [-0.2, 0) is 17.7 Å². The monoisotopic (exact) mass is 278 g/mol. The number of carboxylic acid groups (broad SMARTS) is 1. The molecule has 1 amide bonds. The molecule has 1 aromatic heterocycles. The Morgan fingerprint density at radius 2 is 2.05 bits per heavy atom. The first kappa shape index (κ1) is 14.3. The van der Waals surface area contributed by atoms with Crippen molar-refractivity contribution < 1.29 is 19.4 Å². The van der Waals surface area contributed by atoms with E-state index >= 15 is 0 Å². The molecule has 1 N–H and O–H groups in total. The minimum atomic E-state index is -1.07.